The first kappa shape index (κ1) is 12.5. The molecule has 3 N–H and O–H groups in total. The molecule has 6 nitrogen and oxygen atoms in total. The van der Waals surface area contributed by atoms with Crippen LogP contribution in [0.25, 0.3) is 11.0 Å². The fraction of sp³-hybridized carbons (Fsp3) is 0.417. The Morgan fingerprint density at radius 1 is 1.44 bits per heavy atom. The summed E-state index contributed by atoms with van der Waals surface area (Å²) < 4.78 is 0. The number of aliphatic hydroxyl groups excluding tert-OH is 1. The summed E-state index contributed by atoms with van der Waals surface area (Å²) in [6, 6.07) is 5.09. The van der Waals surface area contributed by atoms with Crippen LogP contribution in [-0.2, 0) is 0 Å². The van der Waals surface area contributed by atoms with Gasteiger partial charge in [0.15, 0.2) is 0 Å². The molecule has 1 aromatic carbocycles. The minimum atomic E-state index is -0.491. The number of carbonyl (C=O) groups excluding carboxylic acids is 1. The van der Waals surface area contributed by atoms with Crippen molar-refractivity contribution < 1.29 is 9.90 Å². The van der Waals surface area contributed by atoms with E-state index in [1.54, 1.807) is 18.2 Å². The molecule has 18 heavy (non-hydrogen) atoms. The number of hydrogen-bond acceptors (Lipinski definition) is 4. The van der Waals surface area contributed by atoms with Crippen molar-refractivity contribution in [3.63, 3.8) is 0 Å². The van der Waals surface area contributed by atoms with Crippen LogP contribution in [-0.4, -0.2) is 39.1 Å². The molecule has 1 heterocycles. The van der Waals surface area contributed by atoms with Crippen LogP contribution in [0.15, 0.2) is 18.2 Å². The Hall–Kier alpha value is -1.95. The molecule has 0 radical (unpaired) electrons. The van der Waals surface area contributed by atoms with Crippen molar-refractivity contribution in [1.29, 1.82) is 0 Å². The van der Waals surface area contributed by atoms with E-state index >= 15 is 0 Å². The molecular formula is C12H16N4O2. The highest BCUT2D eigenvalue weighted by molar-refractivity contribution is 5.97. The first-order valence-electron chi connectivity index (χ1n) is 5.97. The summed E-state index contributed by atoms with van der Waals surface area (Å²) in [5.41, 5.74) is 1.88. The minimum Gasteiger partial charge on any atom is -0.391 e. The van der Waals surface area contributed by atoms with Gasteiger partial charge in [0.1, 0.15) is 11.0 Å². The van der Waals surface area contributed by atoms with Gasteiger partial charge in [0.2, 0.25) is 0 Å². The van der Waals surface area contributed by atoms with Crippen molar-refractivity contribution in [1.82, 2.24) is 20.7 Å². The number of amides is 1. The second-order valence-electron chi connectivity index (χ2n) is 4.18. The van der Waals surface area contributed by atoms with Gasteiger partial charge >= 0.3 is 0 Å². The van der Waals surface area contributed by atoms with E-state index in [0.29, 0.717) is 17.5 Å². The fourth-order valence-electron chi connectivity index (χ4n) is 1.73. The van der Waals surface area contributed by atoms with E-state index in [-0.39, 0.29) is 12.5 Å². The van der Waals surface area contributed by atoms with Crippen LogP contribution in [0.2, 0.25) is 0 Å². The number of rotatable bonds is 5. The molecule has 6 heteroatoms. The van der Waals surface area contributed by atoms with Crippen molar-refractivity contribution in [3.05, 3.63) is 23.8 Å². The van der Waals surface area contributed by atoms with Crippen LogP contribution in [0.1, 0.15) is 30.1 Å². The van der Waals surface area contributed by atoms with Gasteiger partial charge < -0.3 is 10.4 Å². The van der Waals surface area contributed by atoms with Gasteiger partial charge in [0.25, 0.3) is 5.91 Å². The van der Waals surface area contributed by atoms with Gasteiger partial charge in [-0.3, -0.25) is 4.79 Å². The molecule has 96 valence electrons. The third-order valence-electron chi connectivity index (χ3n) is 2.70. The molecule has 1 amide bonds. The summed E-state index contributed by atoms with van der Waals surface area (Å²) >= 11 is 0. The Morgan fingerprint density at radius 3 is 3.00 bits per heavy atom. The van der Waals surface area contributed by atoms with Gasteiger partial charge in [-0.1, -0.05) is 13.3 Å². The third kappa shape index (κ3) is 2.84. The molecule has 0 saturated carbocycles. The average Bonchev–Trinajstić information content (AvgIpc) is 2.83. The van der Waals surface area contributed by atoms with Crippen LogP contribution in [0.3, 0.4) is 0 Å². The van der Waals surface area contributed by atoms with Gasteiger partial charge in [0, 0.05) is 12.1 Å². The average molecular weight is 248 g/mol. The second-order valence-corrected chi connectivity index (χ2v) is 4.18. The Labute approximate surface area is 104 Å². The van der Waals surface area contributed by atoms with Crippen LogP contribution in [0.5, 0.6) is 0 Å². The highest BCUT2D eigenvalue weighted by Crippen LogP contribution is 2.10. The van der Waals surface area contributed by atoms with E-state index in [9.17, 15) is 9.90 Å². The fourth-order valence-corrected chi connectivity index (χ4v) is 1.73. The molecule has 0 aliphatic rings. The van der Waals surface area contributed by atoms with E-state index in [1.807, 2.05) is 6.92 Å². The van der Waals surface area contributed by atoms with Gasteiger partial charge in [-0.15, -0.1) is 0 Å². The van der Waals surface area contributed by atoms with E-state index in [2.05, 4.69) is 20.7 Å². The lowest BCUT2D eigenvalue weighted by Gasteiger charge is -2.10. The molecule has 2 aromatic rings. The maximum Gasteiger partial charge on any atom is 0.251 e. The largest absolute Gasteiger partial charge is 0.391 e. The third-order valence-corrected chi connectivity index (χ3v) is 2.70. The zero-order chi connectivity index (χ0) is 13.0. The zero-order valence-corrected chi connectivity index (χ0v) is 10.2. The number of nitrogens with zero attached hydrogens (tertiary/aromatic N) is 2. The van der Waals surface area contributed by atoms with E-state index in [1.165, 1.54) is 0 Å². The number of nitrogens with one attached hydrogen (secondary N) is 2. The van der Waals surface area contributed by atoms with Crippen molar-refractivity contribution in [2.24, 2.45) is 0 Å². The zero-order valence-electron chi connectivity index (χ0n) is 10.2. The molecule has 1 aromatic heterocycles. The highest BCUT2D eigenvalue weighted by atomic mass is 16.3. The number of aromatic nitrogens is 3. The standard InChI is InChI=1S/C12H16N4O2/c1-2-3-9(17)7-13-12(18)8-4-5-10-11(6-8)15-16-14-10/h4-6,9,17H,2-3,7H2,1H3,(H,13,18)(H,14,15,16). The minimum absolute atomic E-state index is 0.213. The second kappa shape index (κ2) is 5.59. The predicted molar refractivity (Wildman–Crippen MR) is 67.1 cm³/mol. The number of aromatic amines is 1. The SMILES string of the molecule is CCCC(O)CNC(=O)c1ccc2n[nH]nc2c1. The lowest BCUT2D eigenvalue weighted by molar-refractivity contribution is 0.0910. The van der Waals surface area contributed by atoms with Gasteiger partial charge in [-0.2, -0.15) is 15.4 Å². The van der Waals surface area contributed by atoms with Crippen molar-refractivity contribution in [2.75, 3.05) is 6.54 Å². The van der Waals surface area contributed by atoms with Crippen LogP contribution in [0.4, 0.5) is 0 Å². The summed E-state index contributed by atoms with van der Waals surface area (Å²) in [6.07, 6.45) is 1.08. The van der Waals surface area contributed by atoms with Crippen molar-refractivity contribution in [3.8, 4) is 0 Å². The first-order chi connectivity index (χ1) is 8.70. The summed E-state index contributed by atoms with van der Waals surface area (Å²) in [4.78, 5) is 11.8. The topological polar surface area (TPSA) is 90.9 Å². The molecule has 0 fully saturated rings. The number of aliphatic hydroxyl groups is 1. The monoisotopic (exact) mass is 248 g/mol. The highest BCUT2D eigenvalue weighted by Gasteiger charge is 2.09. The van der Waals surface area contributed by atoms with Gasteiger partial charge in [-0.25, -0.2) is 0 Å². The van der Waals surface area contributed by atoms with E-state index < -0.39 is 6.10 Å². The Bertz CT molecular complexity index is 538. The number of hydrogen-bond donors (Lipinski definition) is 3. The van der Waals surface area contributed by atoms with E-state index in [0.717, 1.165) is 11.9 Å². The number of benzene rings is 1. The molecule has 0 saturated heterocycles. The molecule has 0 bridgehead atoms. The van der Waals surface area contributed by atoms with Crippen LogP contribution < -0.4 is 5.32 Å². The lowest BCUT2D eigenvalue weighted by Crippen LogP contribution is -2.31. The van der Waals surface area contributed by atoms with Gasteiger partial charge in [0.05, 0.1) is 6.10 Å². The number of carbonyl (C=O) groups is 1. The Kier molecular flexibility index (Phi) is 3.88. The van der Waals surface area contributed by atoms with Crippen LogP contribution >= 0.6 is 0 Å². The number of H-pyrrole nitrogens is 1. The summed E-state index contributed by atoms with van der Waals surface area (Å²) in [6.45, 7) is 2.26. The molecule has 2 rings (SSSR count). The molecule has 1 atom stereocenters. The van der Waals surface area contributed by atoms with Crippen LogP contribution in [0, 0.1) is 0 Å². The van der Waals surface area contributed by atoms with Crippen molar-refractivity contribution >= 4 is 16.9 Å². The smallest absolute Gasteiger partial charge is 0.251 e. The first-order valence-corrected chi connectivity index (χ1v) is 5.97. The molecule has 0 aliphatic heterocycles. The molecule has 0 spiro atoms. The lowest BCUT2D eigenvalue weighted by atomic mass is 10.1. The molecule has 1 unspecified atom stereocenters. The van der Waals surface area contributed by atoms with Gasteiger partial charge in [-0.05, 0) is 24.6 Å². The summed E-state index contributed by atoms with van der Waals surface area (Å²) in [5.74, 6) is -0.213. The number of fused-ring (bicyclic) bond motifs is 1. The summed E-state index contributed by atoms with van der Waals surface area (Å²) in [5, 5.41) is 22.6. The summed E-state index contributed by atoms with van der Waals surface area (Å²) in [7, 11) is 0. The van der Waals surface area contributed by atoms with E-state index in [4.69, 9.17) is 0 Å². The Balaban J connectivity index is 1.99. The maximum absolute atomic E-state index is 11.8. The Morgan fingerprint density at radius 2 is 2.22 bits per heavy atom. The molecular weight excluding hydrogens is 232 g/mol. The quantitative estimate of drug-likeness (QED) is 0.731. The normalized spacial score (nSPS) is 12.6. The maximum atomic E-state index is 11.8. The predicted octanol–water partition coefficient (Wildman–Crippen LogP) is 0.849. The molecule has 0 aliphatic carbocycles. The van der Waals surface area contributed by atoms with Crippen molar-refractivity contribution in [2.45, 2.75) is 25.9 Å².